The second-order valence-electron chi connectivity index (χ2n) is 7.73. The van der Waals surface area contributed by atoms with Crippen LogP contribution in [0.3, 0.4) is 0 Å². The highest BCUT2D eigenvalue weighted by Crippen LogP contribution is 2.32. The summed E-state index contributed by atoms with van der Waals surface area (Å²) >= 11 is 2.06. The molecule has 0 unspecified atom stereocenters. The van der Waals surface area contributed by atoms with Gasteiger partial charge in [0, 0.05) is 48.9 Å². The Bertz CT molecular complexity index is 784. The number of nitrogens with one attached hydrogen (secondary N) is 2. The minimum Gasteiger partial charge on any atom is -0.326 e. The third-order valence-electron chi connectivity index (χ3n) is 5.69. The van der Waals surface area contributed by atoms with E-state index in [1.807, 2.05) is 31.6 Å². The fourth-order valence-electron chi connectivity index (χ4n) is 4.18. The molecule has 1 saturated carbocycles. The van der Waals surface area contributed by atoms with Crippen LogP contribution >= 0.6 is 11.8 Å². The van der Waals surface area contributed by atoms with E-state index in [9.17, 15) is 4.79 Å². The van der Waals surface area contributed by atoms with Crippen molar-refractivity contribution >= 4 is 23.4 Å². The van der Waals surface area contributed by atoms with Crippen molar-refractivity contribution in [3.63, 3.8) is 0 Å². The van der Waals surface area contributed by atoms with E-state index in [2.05, 4.69) is 39.6 Å². The summed E-state index contributed by atoms with van der Waals surface area (Å²) in [6.45, 7) is 1.53. The van der Waals surface area contributed by atoms with Crippen LogP contribution in [0.4, 0.5) is 5.69 Å². The van der Waals surface area contributed by atoms with E-state index < -0.39 is 0 Å². The Balaban J connectivity index is 1.37. The van der Waals surface area contributed by atoms with Gasteiger partial charge in [-0.2, -0.15) is 16.9 Å². The van der Waals surface area contributed by atoms with Crippen molar-refractivity contribution in [1.82, 2.24) is 15.1 Å². The number of amides is 1. The van der Waals surface area contributed by atoms with Gasteiger partial charge in [0.15, 0.2) is 0 Å². The first-order valence-electron chi connectivity index (χ1n) is 9.90. The summed E-state index contributed by atoms with van der Waals surface area (Å²) in [4.78, 5) is 12.9. The molecule has 1 amide bonds. The van der Waals surface area contributed by atoms with Crippen molar-refractivity contribution in [3.05, 3.63) is 47.8 Å². The Morgan fingerprint density at radius 1 is 1.33 bits per heavy atom. The molecule has 0 bridgehead atoms. The van der Waals surface area contributed by atoms with Crippen molar-refractivity contribution < 1.29 is 4.79 Å². The van der Waals surface area contributed by atoms with Crippen LogP contribution in [0.1, 0.15) is 42.7 Å². The molecule has 27 heavy (non-hydrogen) atoms. The molecule has 2 atom stereocenters. The second-order valence-corrected chi connectivity index (χ2v) is 9.01. The van der Waals surface area contributed by atoms with Crippen LogP contribution in [0.2, 0.25) is 0 Å². The predicted molar refractivity (Wildman–Crippen MR) is 111 cm³/mol. The third kappa shape index (κ3) is 4.55. The van der Waals surface area contributed by atoms with Crippen LogP contribution in [0, 0.1) is 5.92 Å². The van der Waals surface area contributed by atoms with Gasteiger partial charge in [-0.25, -0.2) is 0 Å². The number of rotatable bonds is 6. The van der Waals surface area contributed by atoms with Gasteiger partial charge in [-0.3, -0.25) is 9.48 Å². The molecule has 1 aliphatic carbocycles. The predicted octanol–water partition coefficient (Wildman–Crippen LogP) is 3.54. The fourth-order valence-corrected chi connectivity index (χ4v) is 5.45. The topological polar surface area (TPSA) is 59.0 Å². The van der Waals surface area contributed by atoms with Crippen molar-refractivity contribution in [2.45, 2.75) is 42.6 Å². The molecular weight excluding hydrogens is 356 g/mol. The maximum absolute atomic E-state index is 12.9. The van der Waals surface area contributed by atoms with Crippen molar-refractivity contribution in [2.75, 3.05) is 18.4 Å². The first-order valence-corrected chi connectivity index (χ1v) is 10.9. The third-order valence-corrected chi connectivity index (χ3v) is 7.13. The van der Waals surface area contributed by atoms with E-state index in [0.717, 1.165) is 28.8 Å². The number of benzene rings is 1. The highest BCUT2D eigenvalue weighted by molar-refractivity contribution is 7.99. The average Bonchev–Trinajstić information content (AvgIpc) is 3.41. The number of anilines is 1. The Morgan fingerprint density at radius 2 is 2.19 bits per heavy atom. The summed E-state index contributed by atoms with van der Waals surface area (Å²) in [5.74, 6) is 1.23. The van der Waals surface area contributed by atoms with E-state index >= 15 is 0 Å². The van der Waals surface area contributed by atoms with E-state index in [-0.39, 0.29) is 17.7 Å². The lowest BCUT2D eigenvalue weighted by molar-refractivity contribution is -0.119. The lowest BCUT2D eigenvalue weighted by Crippen LogP contribution is -2.28. The van der Waals surface area contributed by atoms with Gasteiger partial charge < -0.3 is 10.6 Å². The lowest BCUT2D eigenvalue weighted by atomic mass is 9.90. The molecule has 0 radical (unpaired) electrons. The van der Waals surface area contributed by atoms with Gasteiger partial charge >= 0.3 is 0 Å². The van der Waals surface area contributed by atoms with Crippen LogP contribution in [0.25, 0.3) is 0 Å². The van der Waals surface area contributed by atoms with Crippen LogP contribution in [-0.4, -0.2) is 34.0 Å². The maximum Gasteiger partial charge on any atom is 0.229 e. The van der Waals surface area contributed by atoms with E-state index in [0.29, 0.717) is 6.54 Å². The Morgan fingerprint density at radius 3 is 2.96 bits per heavy atom. The number of aromatic nitrogens is 2. The van der Waals surface area contributed by atoms with Gasteiger partial charge in [0.2, 0.25) is 5.91 Å². The summed E-state index contributed by atoms with van der Waals surface area (Å²) in [6.07, 6.45) is 9.34. The molecule has 2 aliphatic rings. The normalized spacial score (nSPS) is 23.0. The molecule has 4 rings (SSSR count). The largest absolute Gasteiger partial charge is 0.326 e. The van der Waals surface area contributed by atoms with Crippen LogP contribution in [0.5, 0.6) is 0 Å². The zero-order valence-electron chi connectivity index (χ0n) is 15.9. The van der Waals surface area contributed by atoms with E-state index in [1.165, 1.54) is 31.2 Å². The molecule has 0 spiro atoms. The smallest absolute Gasteiger partial charge is 0.229 e. The summed E-state index contributed by atoms with van der Waals surface area (Å²) in [5.41, 5.74) is 3.32. The molecule has 5 nitrogen and oxygen atoms in total. The molecule has 2 fully saturated rings. The average molecular weight is 385 g/mol. The number of thioether (sulfide) groups is 1. The minimum absolute atomic E-state index is 0.0641. The molecule has 6 heteroatoms. The van der Waals surface area contributed by atoms with Gasteiger partial charge in [-0.05, 0) is 36.1 Å². The van der Waals surface area contributed by atoms with Gasteiger partial charge in [0.05, 0.1) is 12.1 Å². The first-order chi connectivity index (χ1) is 13.2. The zero-order valence-corrected chi connectivity index (χ0v) is 16.7. The summed E-state index contributed by atoms with van der Waals surface area (Å²) in [7, 11) is 1.91. The van der Waals surface area contributed by atoms with Crippen LogP contribution in [-0.2, 0) is 17.6 Å². The Labute approximate surface area is 165 Å². The lowest BCUT2D eigenvalue weighted by Gasteiger charge is -2.17. The highest BCUT2D eigenvalue weighted by atomic mass is 32.2. The van der Waals surface area contributed by atoms with Gasteiger partial charge in [0.1, 0.15) is 0 Å². The Kier molecular flexibility index (Phi) is 5.83. The number of nitrogens with zero attached hydrogens (tertiary/aromatic N) is 2. The van der Waals surface area contributed by atoms with E-state index in [1.54, 1.807) is 4.68 Å². The van der Waals surface area contributed by atoms with Gasteiger partial charge in [-0.15, -0.1) is 0 Å². The van der Waals surface area contributed by atoms with E-state index in [4.69, 9.17) is 0 Å². The molecule has 2 heterocycles. The van der Waals surface area contributed by atoms with Crippen LogP contribution < -0.4 is 10.6 Å². The number of carbonyl (C=O) groups excluding carboxylic acids is 1. The van der Waals surface area contributed by atoms with Gasteiger partial charge in [-0.1, -0.05) is 25.0 Å². The molecule has 1 aliphatic heterocycles. The fraction of sp³-hybridized carbons (Fsp3) is 0.524. The van der Waals surface area contributed by atoms with Crippen molar-refractivity contribution in [3.8, 4) is 0 Å². The molecule has 1 aromatic carbocycles. The summed E-state index contributed by atoms with van der Waals surface area (Å²) in [6, 6.07) is 8.32. The second kappa shape index (κ2) is 8.48. The monoisotopic (exact) mass is 384 g/mol. The molecule has 1 saturated heterocycles. The molecular formula is C21H28N4OS. The molecule has 2 aromatic rings. The minimum atomic E-state index is -0.0641. The summed E-state index contributed by atoms with van der Waals surface area (Å²) < 4.78 is 1.80. The maximum atomic E-state index is 12.9. The number of carbonyl (C=O) groups is 1. The zero-order chi connectivity index (χ0) is 18.6. The molecule has 144 valence electrons. The highest BCUT2D eigenvalue weighted by Gasteiger charge is 2.34. The molecule has 2 N–H and O–H groups in total. The first kappa shape index (κ1) is 18.6. The number of hydrogen-bond acceptors (Lipinski definition) is 4. The number of aryl methyl sites for hydroxylation is 1. The standard InChI is InChI=1S/C21H28N4OS/c1-25-13-16(10-23-25)19-11-22-12-20(19)21(26)24-17-6-4-5-15(9-17)14-27-18-7-2-3-8-18/h4-6,9-10,13,18-20,22H,2-3,7-8,11-12,14H2,1H3,(H,24,26)/t19-,20+/m1/s1. The van der Waals surface area contributed by atoms with Crippen molar-refractivity contribution in [2.24, 2.45) is 13.0 Å². The van der Waals surface area contributed by atoms with Gasteiger partial charge in [0.25, 0.3) is 0 Å². The SMILES string of the molecule is Cn1cc([C@H]2CNC[C@@H]2C(=O)Nc2cccc(CSC3CCCC3)c2)cn1. The number of hydrogen-bond donors (Lipinski definition) is 2. The molecule has 1 aromatic heterocycles. The summed E-state index contributed by atoms with van der Waals surface area (Å²) in [5, 5.41) is 11.6. The van der Waals surface area contributed by atoms with Crippen molar-refractivity contribution in [1.29, 1.82) is 0 Å². The van der Waals surface area contributed by atoms with Crippen LogP contribution in [0.15, 0.2) is 36.7 Å². The quantitative estimate of drug-likeness (QED) is 0.800. The Hall–Kier alpha value is -1.79.